The third-order valence-electron chi connectivity index (χ3n) is 2.38. The lowest BCUT2D eigenvalue weighted by Gasteiger charge is -2.14. The minimum absolute atomic E-state index is 0.250. The quantitative estimate of drug-likeness (QED) is 0.761. The van der Waals surface area contributed by atoms with E-state index in [0.29, 0.717) is 5.92 Å². The van der Waals surface area contributed by atoms with Crippen molar-refractivity contribution in [3.8, 4) is 0 Å². The summed E-state index contributed by atoms with van der Waals surface area (Å²) in [4.78, 5) is 0. The summed E-state index contributed by atoms with van der Waals surface area (Å²) in [5.41, 5.74) is 2.17. The topological polar surface area (TPSA) is 20.2 Å². The van der Waals surface area contributed by atoms with E-state index in [9.17, 15) is 5.11 Å². The molecule has 0 aliphatic heterocycles. The first-order chi connectivity index (χ1) is 6.52. The van der Waals surface area contributed by atoms with Crippen LogP contribution in [-0.4, -0.2) is 10.5 Å². The SMILES string of the molecule is CC(C)c1ccc(C(O)C(C)Cl)cc1. The molecule has 0 aliphatic rings. The molecular formula is C12H17ClO. The molecule has 14 heavy (non-hydrogen) atoms. The fraction of sp³-hybridized carbons (Fsp3) is 0.500. The van der Waals surface area contributed by atoms with Crippen LogP contribution in [0.25, 0.3) is 0 Å². The molecule has 1 aromatic rings. The number of aliphatic hydroxyl groups is 1. The van der Waals surface area contributed by atoms with Crippen molar-refractivity contribution in [2.24, 2.45) is 0 Å². The fourth-order valence-electron chi connectivity index (χ4n) is 1.34. The lowest BCUT2D eigenvalue weighted by atomic mass is 9.99. The average Bonchev–Trinajstić information content (AvgIpc) is 2.16. The second-order valence-electron chi connectivity index (χ2n) is 3.94. The Morgan fingerprint density at radius 2 is 1.43 bits per heavy atom. The van der Waals surface area contributed by atoms with Gasteiger partial charge in [0.25, 0.3) is 0 Å². The predicted molar refractivity (Wildman–Crippen MR) is 60.8 cm³/mol. The molecule has 2 atom stereocenters. The Morgan fingerprint density at radius 1 is 1.00 bits per heavy atom. The maximum Gasteiger partial charge on any atom is 0.0950 e. The van der Waals surface area contributed by atoms with Gasteiger partial charge in [0.05, 0.1) is 11.5 Å². The summed E-state index contributed by atoms with van der Waals surface area (Å²) in [5.74, 6) is 0.523. The van der Waals surface area contributed by atoms with Gasteiger partial charge in [0, 0.05) is 0 Å². The maximum absolute atomic E-state index is 9.70. The molecule has 0 saturated heterocycles. The average molecular weight is 213 g/mol. The van der Waals surface area contributed by atoms with Crippen LogP contribution in [0.4, 0.5) is 0 Å². The van der Waals surface area contributed by atoms with Gasteiger partial charge in [0.15, 0.2) is 0 Å². The number of rotatable bonds is 3. The minimum atomic E-state index is -0.571. The van der Waals surface area contributed by atoms with E-state index < -0.39 is 6.10 Å². The fourth-order valence-corrected chi connectivity index (χ4v) is 1.49. The Balaban J connectivity index is 2.83. The zero-order valence-electron chi connectivity index (χ0n) is 8.87. The molecule has 1 aromatic carbocycles. The van der Waals surface area contributed by atoms with Crippen molar-refractivity contribution in [2.45, 2.75) is 38.2 Å². The molecule has 0 radical (unpaired) electrons. The number of hydrogen-bond donors (Lipinski definition) is 1. The van der Waals surface area contributed by atoms with E-state index in [-0.39, 0.29) is 5.38 Å². The Labute approximate surface area is 90.7 Å². The highest BCUT2D eigenvalue weighted by molar-refractivity contribution is 6.20. The molecule has 0 saturated carbocycles. The summed E-state index contributed by atoms with van der Waals surface area (Å²) in [6.07, 6.45) is -0.571. The molecule has 1 nitrogen and oxygen atoms in total. The van der Waals surface area contributed by atoms with Crippen molar-refractivity contribution in [1.29, 1.82) is 0 Å². The Morgan fingerprint density at radius 3 is 1.79 bits per heavy atom. The highest BCUT2D eigenvalue weighted by Crippen LogP contribution is 2.22. The van der Waals surface area contributed by atoms with Crippen LogP contribution >= 0.6 is 11.6 Å². The van der Waals surface area contributed by atoms with Crippen molar-refractivity contribution >= 4 is 11.6 Å². The maximum atomic E-state index is 9.70. The van der Waals surface area contributed by atoms with Crippen LogP contribution in [0.15, 0.2) is 24.3 Å². The smallest absolute Gasteiger partial charge is 0.0950 e. The first-order valence-corrected chi connectivity index (χ1v) is 5.38. The van der Waals surface area contributed by atoms with Crippen molar-refractivity contribution in [3.05, 3.63) is 35.4 Å². The number of benzene rings is 1. The van der Waals surface area contributed by atoms with E-state index in [4.69, 9.17) is 11.6 Å². The van der Waals surface area contributed by atoms with Gasteiger partial charge in [-0.3, -0.25) is 0 Å². The lowest BCUT2D eigenvalue weighted by Crippen LogP contribution is -2.08. The molecule has 0 spiro atoms. The standard InChI is InChI=1S/C12H17ClO/c1-8(2)10-4-6-11(7-5-10)12(14)9(3)13/h4-9,12,14H,1-3H3. The van der Waals surface area contributed by atoms with Gasteiger partial charge < -0.3 is 5.11 Å². The number of hydrogen-bond acceptors (Lipinski definition) is 1. The second-order valence-corrected chi connectivity index (χ2v) is 4.63. The zero-order chi connectivity index (χ0) is 10.7. The monoisotopic (exact) mass is 212 g/mol. The molecule has 0 heterocycles. The van der Waals surface area contributed by atoms with Crippen molar-refractivity contribution in [3.63, 3.8) is 0 Å². The third kappa shape index (κ3) is 2.73. The highest BCUT2D eigenvalue weighted by atomic mass is 35.5. The summed E-state index contributed by atoms with van der Waals surface area (Å²) in [6, 6.07) is 7.97. The summed E-state index contributed by atoms with van der Waals surface area (Å²) < 4.78 is 0. The summed E-state index contributed by atoms with van der Waals surface area (Å²) >= 11 is 5.82. The second kappa shape index (κ2) is 4.81. The molecule has 2 unspecified atom stereocenters. The van der Waals surface area contributed by atoms with Crippen LogP contribution in [0.2, 0.25) is 0 Å². The Bertz CT molecular complexity index is 277. The molecule has 0 aliphatic carbocycles. The summed E-state index contributed by atoms with van der Waals surface area (Å²) in [5, 5.41) is 9.45. The Hall–Kier alpha value is -0.530. The normalized spacial score (nSPS) is 15.6. The van der Waals surface area contributed by atoms with Crippen LogP contribution in [0, 0.1) is 0 Å². The van der Waals surface area contributed by atoms with E-state index in [1.54, 1.807) is 6.92 Å². The Kier molecular flexibility index (Phi) is 3.97. The molecular weight excluding hydrogens is 196 g/mol. The summed E-state index contributed by atoms with van der Waals surface area (Å²) in [7, 11) is 0. The van der Waals surface area contributed by atoms with E-state index in [2.05, 4.69) is 13.8 Å². The van der Waals surface area contributed by atoms with Gasteiger partial charge in [-0.1, -0.05) is 38.1 Å². The van der Waals surface area contributed by atoms with Gasteiger partial charge in [0.1, 0.15) is 0 Å². The predicted octanol–water partition coefficient (Wildman–Crippen LogP) is 3.47. The van der Waals surface area contributed by atoms with Crippen molar-refractivity contribution in [2.75, 3.05) is 0 Å². The number of aliphatic hydroxyl groups excluding tert-OH is 1. The summed E-state index contributed by atoms with van der Waals surface area (Å²) in [6.45, 7) is 6.09. The van der Waals surface area contributed by atoms with Gasteiger partial charge in [-0.15, -0.1) is 11.6 Å². The van der Waals surface area contributed by atoms with Gasteiger partial charge >= 0.3 is 0 Å². The minimum Gasteiger partial charge on any atom is -0.387 e. The van der Waals surface area contributed by atoms with Gasteiger partial charge in [-0.05, 0) is 24.0 Å². The zero-order valence-corrected chi connectivity index (χ0v) is 9.62. The van der Waals surface area contributed by atoms with Gasteiger partial charge in [-0.2, -0.15) is 0 Å². The van der Waals surface area contributed by atoms with E-state index >= 15 is 0 Å². The molecule has 78 valence electrons. The molecule has 1 rings (SSSR count). The first kappa shape index (κ1) is 11.5. The molecule has 0 fully saturated rings. The van der Waals surface area contributed by atoms with E-state index in [1.165, 1.54) is 5.56 Å². The van der Waals surface area contributed by atoms with Crippen molar-refractivity contribution < 1.29 is 5.11 Å². The lowest BCUT2D eigenvalue weighted by molar-refractivity contribution is 0.177. The van der Waals surface area contributed by atoms with Crippen LogP contribution in [0.5, 0.6) is 0 Å². The van der Waals surface area contributed by atoms with Gasteiger partial charge in [0.2, 0.25) is 0 Å². The van der Waals surface area contributed by atoms with Crippen LogP contribution in [0.1, 0.15) is 43.9 Å². The molecule has 0 aromatic heterocycles. The van der Waals surface area contributed by atoms with Gasteiger partial charge in [-0.25, -0.2) is 0 Å². The highest BCUT2D eigenvalue weighted by Gasteiger charge is 2.13. The molecule has 0 bridgehead atoms. The number of halogens is 1. The number of alkyl halides is 1. The first-order valence-electron chi connectivity index (χ1n) is 4.94. The van der Waals surface area contributed by atoms with E-state index in [0.717, 1.165) is 5.56 Å². The third-order valence-corrected chi connectivity index (χ3v) is 2.62. The molecule has 2 heteroatoms. The van der Waals surface area contributed by atoms with Crippen LogP contribution in [0.3, 0.4) is 0 Å². The molecule has 1 N–H and O–H groups in total. The largest absolute Gasteiger partial charge is 0.387 e. The van der Waals surface area contributed by atoms with Crippen molar-refractivity contribution in [1.82, 2.24) is 0 Å². The van der Waals surface area contributed by atoms with Crippen LogP contribution < -0.4 is 0 Å². The van der Waals surface area contributed by atoms with Crippen LogP contribution in [-0.2, 0) is 0 Å². The molecule has 0 amide bonds. The van der Waals surface area contributed by atoms with E-state index in [1.807, 2.05) is 24.3 Å².